The second-order valence-electron chi connectivity index (χ2n) is 3.80. The van der Waals surface area contributed by atoms with Gasteiger partial charge in [0, 0.05) is 12.3 Å². The molecule has 0 radical (unpaired) electrons. The van der Waals surface area contributed by atoms with Crippen molar-refractivity contribution in [2.45, 2.75) is 26.7 Å². The zero-order valence-corrected chi connectivity index (χ0v) is 11.2. The summed E-state index contributed by atoms with van der Waals surface area (Å²) in [5.41, 5.74) is 5.21. The molecule has 0 spiro atoms. The van der Waals surface area contributed by atoms with E-state index in [2.05, 4.69) is 40.1 Å². The maximum Gasteiger partial charge on any atom is 0.186 e. The molecule has 0 fully saturated rings. The molecule has 17 heavy (non-hydrogen) atoms. The second kappa shape index (κ2) is 7.79. The number of nitrogens with one attached hydrogen (secondary N) is 2. The van der Waals surface area contributed by atoms with Crippen molar-refractivity contribution in [2.75, 3.05) is 6.54 Å². The average molecular weight is 249 g/mol. The van der Waals surface area contributed by atoms with Crippen LogP contribution in [0.15, 0.2) is 35.4 Å². The summed E-state index contributed by atoms with van der Waals surface area (Å²) in [6.45, 7) is 4.81. The third-order valence-electron chi connectivity index (χ3n) is 2.30. The molecule has 2 N–H and O–H groups in total. The molecule has 0 unspecified atom stereocenters. The summed E-state index contributed by atoms with van der Waals surface area (Å²) < 4.78 is 0. The fourth-order valence-corrected chi connectivity index (χ4v) is 1.56. The number of aryl methyl sites for hydroxylation is 1. The van der Waals surface area contributed by atoms with Gasteiger partial charge in [0.05, 0.1) is 0 Å². The van der Waals surface area contributed by atoms with Crippen molar-refractivity contribution in [1.29, 1.82) is 0 Å². The van der Waals surface area contributed by atoms with Gasteiger partial charge in [-0.05, 0) is 44.5 Å². The van der Waals surface area contributed by atoms with Crippen LogP contribution in [-0.2, 0) is 6.42 Å². The zero-order valence-electron chi connectivity index (χ0n) is 10.4. The van der Waals surface area contributed by atoms with Gasteiger partial charge in [0.2, 0.25) is 0 Å². The molecule has 4 heteroatoms. The van der Waals surface area contributed by atoms with Crippen LogP contribution in [0.1, 0.15) is 25.8 Å². The summed E-state index contributed by atoms with van der Waals surface area (Å²) in [7, 11) is 0. The summed E-state index contributed by atoms with van der Waals surface area (Å²) in [5.74, 6) is 0. The molecule has 0 aliphatic heterocycles. The Kier molecular flexibility index (Phi) is 6.25. The van der Waals surface area contributed by atoms with Gasteiger partial charge in [-0.2, -0.15) is 5.10 Å². The topological polar surface area (TPSA) is 36.4 Å². The lowest BCUT2D eigenvalue weighted by atomic mass is 10.1. The van der Waals surface area contributed by atoms with E-state index < -0.39 is 0 Å². The minimum Gasteiger partial charge on any atom is -0.362 e. The van der Waals surface area contributed by atoms with E-state index in [1.54, 1.807) is 0 Å². The molecule has 0 saturated heterocycles. The van der Waals surface area contributed by atoms with Gasteiger partial charge < -0.3 is 5.32 Å². The van der Waals surface area contributed by atoms with Crippen LogP contribution in [0.4, 0.5) is 0 Å². The Bertz CT molecular complexity index is 374. The summed E-state index contributed by atoms with van der Waals surface area (Å²) in [6.07, 6.45) is 1.94. The van der Waals surface area contributed by atoms with Crippen LogP contribution >= 0.6 is 12.2 Å². The molecule has 0 aliphatic rings. The molecule has 3 nitrogen and oxygen atoms in total. The molecule has 0 amide bonds. The standard InChI is InChI=1S/C13H19N3S/c1-3-14-13(17)16-15-11(2)9-10-12-7-5-4-6-8-12/h4-8H,3,9-10H2,1-2H3,(H2,14,16,17)/b15-11-. The van der Waals surface area contributed by atoms with Crippen molar-refractivity contribution in [1.82, 2.24) is 10.7 Å². The van der Waals surface area contributed by atoms with Crippen molar-refractivity contribution in [3.63, 3.8) is 0 Å². The maximum atomic E-state index is 5.02. The van der Waals surface area contributed by atoms with E-state index in [1.807, 2.05) is 19.9 Å². The fourth-order valence-electron chi connectivity index (χ4n) is 1.37. The van der Waals surface area contributed by atoms with Crippen molar-refractivity contribution in [3.05, 3.63) is 35.9 Å². The number of benzene rings is 1. The van der Waals surface area contributed by atoms with Crippen LogP contribution in [0.25, 0.3) is 0 Å². The van der Waals surface area contributed by atoms with Crippen molar-refractivity contribution < 1.29 is 0 Å². The van der Waals surface area contributed by atoms with Crippen LogP contribution in [-0.4, -0.2) is 17.4 Å². The lowest BCUT2D eigenvalue weighted by molar-refractivity contribution is 0.891. The Balaban J connectivity index is 2.31. The highest BCUT2D eigenvalue weighted by atomic mass is 32.1. The van der Waals surface area contributed by atoms with Gasteiger partial charge in [0.1, 0.15) is 0 Å². The molecule has 0 heterocycles. The fraction of sp³-hybridized carbons (Fsp3) is 0.385. The van der Waals surface area contributed by atoms with E-state index in [9.17, 15) is 0 Å². The predicted octanol–water partition coefficient (Wildman–Crippen LogP) is 2.48. The lowest BCUT2D eigenvalue weighted by Crippen LogP contribution is -2.32. The van der Waals surface area contributed by atoms with E-state index in [0.29, 0.717) is 5.11 Å². The number of thiocarbonyl (C=S) groups is 1. The Morgan fingerprint density at radius 1 is 1.29 bits per heavy atom. The van der Waals surface area contributed by atoms with E-state index in [-0.39, 0.29) is 0 Å². The Hall–Kier alpha value is -1.42. The SMILES string of the molecule is CCNC(=S)N/N=C(/C)CCc1ccccc1. The summed E-state index contributed by atoms with van der Waals surface area (Å²) in [5, 5.41) is 7.78. The zero-order chi connectivity index (χ0) is 12.5. The molecule has 0 aromatic heterocycles. The first-order chi connectivity index (χ1) is 8.22. The van der Waals surface area contributed by atoms with Crippen LogP contribution in [0.5, 0.6) is 0 Å². The van der Waals surface area contributed by atoms with Crippen molar-refractivity contribution >= 4 is 23.0 Å². The molecule has 1 aromatic rings. The highest BCUT2D eigenvalue weighted by molar-refractivity contribution is 7.80. The lowest BCUT2D eigenvalue weighted by Gasteiger charge is -2.05. The normalized spacial score (nSPS) is 11.1. The van der Waals surface area contributed by atoms with Gasteiger partial charge in [-0.3, -0.25) is 5.43 Å². The number of hydrogen-bond acceptors (Lipinski definition) is 2. The first kappa shape index (κ1) is 13.6. The average Bonchev–Trinajstić information content (AvgIpc) is 2.35. The maximum absolute atomic E-state index is 5.02. The number of rotatable bonds is 5. The third kappa shape index (κ3) is 6.02. The minimum absolute atomic E-state index is 0.576. The van der Waals surface area contributed by atoms with Gasteiger partial charge >= 0.3 is 0 Å². The van der Waals surface area contributed by atoms with Crippen molar-refractivity contribution in [3.8, 4) is 0 Å². The van der Waals surface area contributed by atoms with Crippen LogP contribution < -0.4 is 10.7 Å². The number of hydrogen-bond donors (Lipinski definition) is 2. The Morgan fingerprint density at radius 3 is 2.65 bits per heavy atom. The molecular formula is C13H19N3S. The second-order valence-corrected chi connectivity index (χ2v) is 4.21. The molecule has 1 rings (SSSR count). The molecule has 0 aliphatic carbocycles. The molecule has 0 bridgehead atoms. The molecular weight excluding hydrogens is 230 g/mol. The van der Waals surface area contributed by atoms with Crippen LogP contribution in [0.3, 0.4) is 0 Å². The first-order valence-corrected chi connectivity index (χ1v) is 6.24. The summed E-state index contributed by atoms with van der Waals surface area (Å²) in [4.78, 5) is 0. The highest BCUT2D eigenvalue weighted by Crippen LogP contribution is 2.02. The van der Waals surface area contributed by atoms with E-state index in [1.165, 1.54) is 5.56 Å². The Labute approximate surface area is 108 Å². The van der Waals surface area contributed by atoms with Crippen molar-refractivity contribution in [2.24, 2.45) is 5.10 Å². The number of nitrogens with zero attached hydrogens (tertiary/aromatic N) is 1. The Morgan fingerprint density at radius 2 is 2.00 bits per heavy atom. The predicted molar refractivity (Wildman–Crippen MR) is 77.3 cm³/mol. The minimum atomic E-state index is 0.576. The smallest absolute Gasteiger partial charge is 0.186 e. The largest absolute Gasteiger partial charge is 0.362 e. The molecule has 92 valence electrons. The highest BCUT2D eigenvalue weighted by Gasteiger charge is 1.96. The molecule has 1 aromatic carbocycles. The van der Waals surface area contributed by atoms with E-state index in [4.69, 9.17) is 12.2 Å². The van der Waals surface area contributed by atoms with Gasteiger partial charge in [0.15, 0.2) is 5.11 Å². The molecule has 0 atom stereocenters. The third-order valence-corrected chi connectivity index (χ3v) is 2.54. The monoisotopic (exact) mass is 249 g/mol. The summed E-state index contributed by atoms with van der Waals surface area (Å²) >= 11 is 5.02. The first-order valence-electron chi connectivity index (χ1n) is 5.83. The van der Waals surface area contributed by atoms with Gasteiger partial charge in [-0.1, -0.05) is 30.3 Å². The number of hydrazone groups is 1. The van der Waals surface area contributed by atoms with Gasteiger partial charge in [0.25, 0.3) is 0 Å². The van der Waals surface area contributed by atoms with E-state index >= 15 is 0 Å². The molecule has 0 saturated carbocycles. The van der Waals surface area contributed by atoms with Crippen LogP contribution in [0, 0.1) is 0 Å². The van der Waals surface area contributed by atoms with Crippen LogP contribution in [0.2, 0.25) is 0 Å². The summed E-state index contributed by atoms with van der Waals surface area (Å²) in [6, 6.07) is 10.4. The van der Waals surface area contributed by atoms with E-state index in [0.717, 1.165) is 25.1 Å². The van der Waals surface area contributed by atoms with Gasteiger partial charge in [-0.15, -0.1) is 0 Å². The van der Waals surface area contributed by atoms with Gasteiger partial charge in [-0.25, -0.2) is 0 Å². The quantitative estimate of drug-likeness (QED) is 0.478.